The maximum absolute atomic E-state index is 11.5. The van der Waals surface area contributed by atoms with Gasteiger partial charge in [0, 0.05) is 12.7 Å². The lowest BCUT2D eigenvalue weighted by Crippen LogP contribution is -2.06. The smallest absolute Gasteiger partial charge is 0.336 e. The van der Waals surface area contributed by atoms with E-state index in [0.717, 1.165) is 36.2 Å². The van der Waals surface area contributed by atoms with E-state index in [-0.39, 0.29) is 0 Å². The Morgan fingerprint density at radius 1 is 1.41 bits per heavy atom. The average Bonchev–Trinajstić information content (AvgIpc) is 2.82. The zero-order valence-electron chi connectivity index (χ0n) is 9.82. The second-order valence-corrected chi connectivity index (χ2v) is 4.48. The van der Waals surface area contributed by atoms with Gasteiger partial charge in [0.2, 0.25) is 0 Å². The summed E-state index contributed by atoms with van der Waals surface area (Å²) < 4.78 is 1.66. The van der Waals surface area contributed by atoms with Gasteiger partial charge in [0.25, 0.3) is 0 Å². The molecule has 0 bridgehead atoms. The van der Waals surface area contributed by atoms with Crippen molar-refractivity contribution in [3.05, 3.63) is 22.5 Å². The molecule has 0 saturated carbocycles. The van der Waals surface area contributed by atoms with Crippen molar-refractivity contribution in [2.45, 2.75) is 26.2 Å². The van der Waals surface area contributed by atoms with Gasteiger partial charge in [-0.2, -0.15) is 5.10 Å². The largest absolute Gasteiger partial charge is 0.478 e. The molecule has 0 aromatic carbocycles. The van der Waals surface area contributed by atoms with Gasteiger partial charge in [-0.3, -0.25) is 4.68 Å². The highest BCUT2D eigenvalue weighted by molar-refractivity contribution is 6.04. The van der Waals surface area contributed by atoms with Crippen molar-refractivity contribution in [1.29, 1.82) is 0 Å². The molecule has 1 N–H and O–H groups in total. The van der Waals surface area contributed by atoms with Crippen LogP contribution >= 0.6 is 0 Å². The lowest BCUT2D eigenvalue weighted by atomic mass is 10.0. The topological polar surface area (TPSA) is 68.0 Å². The van der Waals surface area contributed by atoms with Crippen molar-refractivity contribution in [3.8, 4) is 0 Å². The van der Waals surface area contributed by atoms with E-state index in [0.29, 0.717) is 16.6 Å². The van der Waals surface area contributed by atoms with Crippen LogP contribution in [0.15, 0.2) is 0 Å². The number of fused-ring (bicyclic) bond motifs is 2. The Hall–Kier alpha value is -1.91. The number of aryl methyl sites for hydroxylation is 3. The number of nitrogens with zero attached hydrogens (tertiary/aromatic N) is 3. The predicted octanol–water partition coefficient (Wildman–Crippen LogP) is 1.46. The highest BCUT2D eigenvalue weighted by atomic mass is 16.4. The summed E-state index contributed by atoms with van der Waals surface area (Å²) in [6, 6.07) is 0. The number of rotatable bonds is 1. The van der Waals surface area contributed by atoms with Gasteiger partial charge in [-0.15, -0.1) is 0 Å². The second kappa shape index (κ2) is 3.29. The van der Waals surface area contributed by atoms with E-state index in [9.17, 15) is 9.90 Å². The Morgan fingerprint density at radius 3 is 2.88 bits per heavy atom. The molecule has 0 fully saturated rings. The molecule has 17 heavy (non-hydrogen) atoms. The maximum Gasteiger partial charge on any atom is 0.336 e. The van der Waals surface area contributed by atoms with Crippen molar-refractivity contribution in [2.24, 2.45) is 7.05 Å². The summed E-state index contributed by atoms with van der Waals surface area (Å²) in [6.07, 6.45) is 2.68. The van der Waals surface area contributed by atoms with E-state index >= 15 is 0 Å². The quantitative estimate of drug-likeness (QED) is 0.806. The number of aromatic carboxylic acids is 1. The zero-order chi connectivity index (χ0) is 12.2. The first-order valence-electron chi connectivity index (χ1n) is 5.68. The predicted molar refractivity (Wildman–Crippen MR) is 62.2 cm³/mol. The molecule has 0 unspecified atom stereocenters. The van der Waals surface area contributed by atoms with Crippen LogP contribution in [0.3, 0.4) is 0 Å². The van der Waals surface area contributed by atoms with Gasteiger partial charge in [-0.05, 0) is 31.7 Å². The Balaban J connectivity index is 2.51. The van der Waals surface area contributed by atoms with Gasteiger partial charge >= 0.3 is 5.97 Å². The third-order valence-electron chi connectivity index (χ3n) is 3.39. The summed E-state index contributed by atoms with van der Waals surface area (Å²) in [5, 5.41) is 14.4. The number of carboxylic acids is 1. The van der Waals surface area contributed by atoms with E-state index in [4.69, 9.17) is 0 Å². The minimum absolute atomic E-state index is 0.410. The van der Waals surface area contributed by atoms with Gasteiger partial charge in [-0.1, -0.05) is 0 Å². The first kappa shape index (κ1) is 10.3. The average molecular weight is 231 g/mol. The maximum atomic E-state index is 11.5. The summed E-state index contributed by atoms with van der Waals surface area (Å²) in [4.78, 5) is 16.0. The highest BCUT2D eigenvalue weighted by Crippen LogP contribution is 2.31. The Labute approximate surface area is 98.1 Å². The number of hydrogen-bond acceptors (Lipinski definition) is 3. The standard InChI is InChI=1S/C12H13N3O2/c1-6-9-10(12(16)17)7-4-3-5-8(7)13-11(9)15(2)14-6/h3-5H2,1-2H3,(H,16,17). The number of hydrogen-bond donors (Lipinski definition) is 1. The molecule has 0 aliphatic heterocycles. The van der Waals surface area contributed by atoms with Crippen LogP contribution in [0.4, 0.5) is 0 Å². The van der Waals surface area contributed by atoms with E-state index in [2.05, 4.69) is 10.1 Å². The van der Waals surface area contributed by atoms with Crippen LogP contribution in [-0.2, 0) is 19.9 Å². The highest BCUT2D eigenvalue weighted by Gasteiger charge is 2.26. The van der Waals surface area contributed by atoms with Crippen LogP contribution in [0.5, 0.6) is 0 Å². The first-order valence-corrected chi connectivity index (χ1v) is 5.68. The molecule has 5 nitrogen and oxygen atoms in total. The molecule has 1 aliphatic carbocycles. The molecule has 0 spiro atoms. The summed E-state index contributed by atoms with van der Waals surface area (Å²) in [6.45, 7) is 1.83. The fourth-order valence-electron chi connectivity index (χ4n) is 2.70. The van der Waals surface area contributed by atoms with Crippen molar-refractivity contribution < 1.29 is 9.90 Å². The lowest BCUT2D eigenvalue weighted by Gasteiger charge is -2.06. The molecular weight excluding hydrogens is 218 g/mol. The second-order valence-electron chi connectivity index (χ2n) is 4.48. The molecule has 0 amide bonds. The number of aromatic nitrogens is 3. The van der Waals surface area contributed by atoms with Crippen molar-refractivity contribution in [3.63, 3.8) is 0 Å². The van der Waals surface area contributed by atoms with Gasteiger partial charge in [0.1, 0.15) is 0 Å². The monoisotopic (exact) mass is 231 g/mol. The van der Waals surface area contributed by atoms with Crippen LogP contribution in [0.25, 0.3) is 11.0 Å². The lowest BCUT2D eigenvalue weighted by molar-refractivity contribution is 0.0698. The van der Waals surface area contributed by atoms with Crippen LogP contribution < -0.4 is 0 Å². The first-order chi connectivity index (χ1) is 8.09. The molecule has 2 aromatic heterocycles. The molecule has 2 aromatic rings. The summed E-state index contributed by atoms with van der Waals surface area (Å²) in [5.41, 5.74) is 3.66. The minimum Gasteiger partial charge on any atom is -0.478 e. The van der Waals surface area contributed by atoms with E-state index < -0.39 is 5.97 Å². The Kier molecular flexibility index (Phi) is 1.98. The van der Waals surface area contributed by atoms with Crippen molar-refractivity contribution >= 4 is 17.0 Å². The van der Waals surface area contributed by atoms with Crippen LogP contribution in [0, 0.1) is 6.92 Å². The van der Waals surface area contributed by atoms with Gasteiger partial charge < -0.3 is 5.11 Å². The van der Waals surface area contributed by atoms with Crippen molar-refractivity contribution in [2.75, 3.05) is 0 Å². The van der Waals surface area contributed by atoms with E-state index in [1.165, 1.54) is 0 Å². The fraction of sp³-hybridized carbons (Fsp3) is 0.417. The number of carbonyl (C=O) groups is 1. The zero-order valence-corrected chi connectivity index (χ0v) is 9.82. The van der Waals surface area contributed by atoms with Crippen molar-refractivity contribution in [1.82, 2.24) is 14.8 Å². The Bertz CT molecular complexity index is 643. The molecule has 88 valence electrons. The Morgan fingerprint density at radius 2 is 2.18 bits per heavy atom. The molecule has 5 heteroatoms. The molecular formula is C12H13N3O2. The third-order valence-corrected chi connectivity index (χ3v) is 3.39. The molecule has 0 atom stereocenters. The van der Waals surface area contributed by atoms with Gasteiger partial charge in [0.15, 0.2) is 5.65 Å². The molecule has 2 heterocycles. The SMILES string of the molecule is Cc1nn(C)c2nc3c(c(C(=O)O)c12)CCC3. The van der Waals surface area contributed by atoms with Crippen LogP contribution in [-0.4, -0.2) is 25.8 Å². The molecule has 3 rings (SSSR count). The van der Waals surface area contributed by atoms with Gasteiger partial charge in [-0.25, -0.2) is 9.78 Å². The molecule has 0 radical (unpaired) electrons. The van der Waals surface area contributed by atoms with Crippen LogP contribution in [0.1, 0.15) is 33.7 Å². The summed E-state index contributed by atoms with van der Waals surface area (Å²) in [5.74, 6) is -0.869. The third kappa shape index (κ3) is 1.28. The molecule has 0 saturated heterocycles. The van der Waals surface area contributed by atoms with E-state index in [1.807, 2.05) is 6.92 Å². The fourth-order valence-corrected chi connectivity index (χ4v) is 2.70. The molecule has 1 aliphatic rings. The summed E-state index contributed by atoms with van der Waals surface area (Å²) >= 11 is 0. The summed E-state index contributed by atoms with van der Waals surface area (Å²) in [7, 11) is 1.80. The number of carboxylic acid groups (broad SMARTS) is 1. The van der Waals surface area contributed by atoms with E-state index in [1.54, 1.807) is 11.7 Å². The van der Waals surface area contributed by atoms with Gasteiger partial charge in [0.05, 0.1) is 16.6 Å². The minimum atomic E-state index is -0.869. The normalized spacial score (nSPS) is 14.2. The number of pyridine rings is 1. The van der Waals surface area contributed by atoms with Crippen LogP contribution in [0.2, 0.25) is 0 Å².